The van der Waals surface area contributed by atoms with E-state index in [9.17, 15) is 0 Å². The van der Waals surface area contributed by atoms with Gasteiger partial charge in [0.15, 0.2) is 5.82 Å². The minimum absolute atomic E-state index is 0.103. The molecule has 0 radical (unpaired) electrons. The zero-order chi connectivity index (χ0) is 11.2. The summed E-state index contributed by atoms with van der Waals surface area (Å²) in [6.45, 7) is 2.22. The largest absolute Gasteiger partial charge is 0.339 e. The van der Waals surface area contributed by atoms with Crippen LogP contribution in [0.3, 0.4) is 0 Å². The van der Waals surface area contributed by atoms with Crippen LogP contribution in [0.1, 0.15) is 63.6 Å². The number of hydrogen-bond acceptors (Lipinski definition) is 4. The van der Waals surface area contributed by atoms with Gasteiger partial charge in [-0.1, -0.05) is 24.9 Å². The Labute approximate surface area is 95.6 Å². The van der Waals surface area contributed by atoms with Crippen molar-refractivity contribution in [3.05, 3.63) is 11.7 Å². The quantitative estimate of drug-likeness (QED) is 0.831. The fourth-order valence-corrected chi connectivity index (χ4v) is 2.82. The summed E-state index contributed by atoms with van der Waals surface area (Å²) < 4.78 is 5.43. The van der Waals surface area contributed by atoms with Crippen LogP contribution in [0.5, 0.6) is 0 Å². The summed E-state index contributed by atoms with van der Waals surface area (Å²) in [6.07, 6.45) is 8.01. The van der Waals surface area contributed by atoms with Crippen molar-refractivity contribution in [1.82, 2.24) is 10.1 Å². The molecule has 0 bridgehead atoms. The van der Waals surface area contributed by atoms with Crippen molar-refractivity contribution < 1.29 is 4.52 Å². The molecule has 2 saturated carbocycles. The zero-order valence-corrected chi connectivity index (χ0v) is 9.83. The normalized spacial score (nSPS) is 26.6. The van der Waals surface area contributed by atoms with Crippen LogP contribution >= 0.6 is 0 Å². The molecule has 1 aromatic rings. The SMILES string of the molecule is CC1(c2nc(C3(N)CCC3)no2)CCCC1. The highest BCUT2D eigenvalue weighted by atomic mass is 16.5. The zero-order valence-electron chi connectivity index (χ0n) is 9.83. The van der Waals surface area contributed by atoms with Crippen LogP contribution in [-0.4, -0.2) is 10.1 Å². The summed E-state index contributed by atoms with van der Waals surface area (Å²) in [4.78, 5) is 4.56. The fraction of sp³-hybridized carbons (Fsp3) is 0.833. The van der Waals surface area contributed by atoms with Gasteiger partial charge in [-0.2, -0.15) is 4.98 Å². The molecule has 2 aliphatic rings. The van der Waals surface area contributed by atoms with E-state index in [4.69, 9.17) is 10.3 Å². The molecule has 1 heterocycles. The van der Waals surface area contributed by atoms with Gasteiger partial charge in [0.25, 0.3) is 0 Å². The molecule has 16 heavy (non-hydrogen) atoms. The molecule has 0 unspecified atom stereocenters. The summed E-state index contributed by atoms with van der Waals surface area (Å²) in [7, 11) is 0. The molecule has 0 saturated heterocycles. The maximum atomic E-state index is 6.19. The molecule has 4 heteroatoms. The number of rotatable bonds is 2. The Balaban J connectivity index is 1.87. The summed E-state index contributed by atoms with van der Waals surface area (Å²) in [5, 5.41) is 4.09. The van der Waals surface area contributed by atoms with Crippen molar-refractivity contribution in [2.45, 2.75) is 62.8 Å². The summed E-state index contributed by atoms with van der Waals surface area (Å²) in [5.41, 5.74) is 6.00. The second kappa shape index (κ2) is 3.29. The van der Waals surface area contributed by atoms with Crippen molar-refractivity contribution in [2.24, 2.45) is 5.73 Å². The van der Waals surface area contributed by atoms with Gasteiger partial charge >= 0.3 is 0 Å². The Hall–Kier alpha value is -0.900. The fourth-order valence-electron chi connectivity index (χ4n) is 2.82. The summed E-state index contributed by atoms with van der Waals surface area (Å²) in [5.74, 6) is 1.53. The first-order valence-electron chi connectivity index (χ1n) is 6.26. The van der Waals surface area contributed by atoms with Gasteiger partial charge < -0.3 is 10.3 Å². The van der Waals surface area contributed by atoms with Crippen molar-refractivity contribution in [1.29, 1.82) is 0 Å². The lowest BCUT2D eigenvalue weighted by molar-refractivity contribution is 0.227. The van der Waals surface area contributed by atoms with Crippen molar-refractivity contribution in [3.63, 3.8) is 0 Å². The van der Waals surface area contributed by atoms with Crippen molar-refractivity contribution >= 4 is 0 Å². The van der Waals surface area contributed by atoms with E-state index >= 15 is 0 Å². The smallest absolute Gasteiger partial charge is 0.232 e. The van der Waals surface area contributed by atoms with Crippen molar-refractivity contribution in [3.8, 4) is 0 Å². The van der Waals surface area contributed by atoms with E-state index in [-0.39, 0.29) is 11.0 Å². The minimum Gasteiger partial charge on any atom is -0.339 e. The molecule has 1 aromatic heterocycles. The van der Waals surface area contributed by atoms with Crippen LogP contribution in [0.15, 0.2) is 4.52 Å². The molecule has 2 aliphatic carbocycles. The molecule has 2 N–H and O–H groups in total. The maximum Gasteiger partial charge on any atom is 0.232 e. The predicted molar refractivity (Wildman–Crippen MR) is 59.8 cm³/mol. The van der Waals surface area contributed by atoms with Gasteiger partial charge in [-0.15, -0.1) is 0 Å². The van der Waals surface area contributed by atoms with Crippen LogP contribution in [0.25, 0.3) is 0 Å². The van der Waals surface area contributed by atoms with Crippen LogP contribution in [0.4, 0.5) is 0 Å². The Kier molecular flexibility index (Phi) is 2.11. The summed E-state index contributed by atoms with van der Waals surface area (Å²) >= 11 is 0. The summed E-state index contributed by atoms with van der Waals surface area (Å²) in [6, 6.07) is 0. The van der Waals surface area contributed by atoms with Crippen LogP contribution in [0, 0.1) is 0 Å². The number of nitrogens with zero attached hydrogens (tertiary/aromatic N) is 2. The molecule has 0 amide bonds. The average Bonchev–Trinajstić information content (AvgIpc) is 2.83. The maximum absolute atomic E-state index is 6.19. The highest BCUT2D eigenvalue weighted by Crippen LogP contribution is 2.42. The third-order valence-corrected chi connectivity index (χ3v) is 4.34. The Morgan fingerprint density at radius 1 is 1.12 bits per heavy atom. The van der Waals surface area contributed by atoms with E-state index in [0.29, 0.717) is 0 Å². The van der Waals surface area contributed by atoms with Gasteiger partial charge in [-0.3, -0.25) is 0 Å². The third kappa shape index (κ3) is 1.39. The van der Waals surface area contributed by atoms with Gasteiger partial charge in [-0.25, -0.2) is 0 Å². The predicted octanol–water partition coefficient (Wildman–Crippen LogP) is 2.24. The van der Waals surface area contributed by atoms with E-state index in [1.165, 1.54) is 19.3 Å². The lowest BCUT2D eigenvalue weighted by atomic mass is 9.77. The Morgan fingerprint density at radius 2 is 1.81 bits per heavy atom. The van der Waals surface area contributed by atoms with Crippen molar-refractivity contribution in [2.75, 3.05) is 0 Å². The molecule has 0 atom stereocenters. The molecular weight excluding hydrogens is 202 g/mol. The van der Waals surface area contributed by atoms with Crippen LogP contribution < -0.4 is 5.73 Å². The van der Waals surface area contributed by atoms with Crippen LogP contribution in [-0.2, 0) is 11.0 Å². The lowest BCUT2D eigenvalue weighted by Crippen LogP contribution is -2.44. The average molecular weight is 221 g/mol. The van der Waals surface area contributed by atoms with Gasteiger partial charge in [0.1, 0.15) is 0 Å². The van der Waals surface area contributed by atoms with Gasteiger partial charge in [0.2, 0.25) is 5.89 Å². The minimum atomic E-state index is -0.295. The highest BCUT2D eigenvalue weighted by Gasteiger charge is 2.42. The first-order valence-corrected chi connectivity index (χ1v) is 6.26. The van der Waals surface area contributed by atoms with Crippen LogP contribution in [0.2, 0.25) is 0 Å². The van der Waals surface area contributed by atoms with Gasteiger partial charge in [0, 0.05) is 5.41 Å². The molecule has 88 valence electrons. The topological polar surface area (TPSA) is 64.9 Å². The second-order valence-corrected chi connectivity index (χ2v) is 5.70. The first-order chi connectivity index (χ1) is 7.62. The Bertz CT molecular complexity index is 389. The van der Waals surface area contributed by atoms with E-state index in [2.05, 4.69) is 17.1 Å². The molecule has 0 aromatic carbocycles. The Morgan fingerprint density at radius 3 is 2.38 bits per heavy atom. The molecule has 2 fully saturated rings. The number of nitrogens with two attached hydrogens (primary N) is 1. The van der Waals surface area contributed by atoms with E-state index < -0.39 is 0 Å². The second-order valence-electron chi connectivity index (χ2n) is 5.70. The molecular formula is C12H19N3O. The molecule has 0 aliphatic heterocycles. The standard InChI is InChI=1S/C12H19N3O/c1-11(5-2-3-6-11)10-14-9(15-16-10)12(13)7-4-8-12/h2-8,13H2,1H3. The van der Waals surface area contributed by atoms with Gasteiger partial charge in [-0.05, 0) is 32.1 Å². The lowest BCUT2D eigenvalue weighted by Gasteiger charge is -2.34. The highest BCUT2D eigenvalue weighted by molar-refractivity contribution is 5.12. The monoisotopic (exact) mass is 221 g/mol. The van der Waals surface area contributed by atoms with E-state index in [1.807, 2.05) is 0 Å². The third-order valence-electron chi connectivity index (χ3n) is 4.34. The molecule has 3 rings (SSSR count). The van der Waals surface area contributed by atoms with Gasteiger partial charge in [0.05, 0.1) is 5.54 Å². The number of aromatic nitrogens is 2. The number of hydrogen-bond donors (Lipinski definition) is 1. The van der Waals surface area contributed by atoms with E-state index in [0.717, 1.165) is 37.4 Å². The van der Waals surface area contributed by atoms with E-state index in [1.54, 1.807) is 0 Å². The first kappa shape index (κ1) is 10.3. The molecule has 0 spiro atoms. The molecule has 4 nitrogen and oxygen atoms in total.